The van der Waals surface area contributed by atoms with Gasteiger partial charge in [-0.3, -0.25) is 0 Å². The van der Waals surface area contributed by atoms with Gasteiger partial charge in [0.05, 0.1) is 31.5 Å². The van der Waals surface area contributed by atoms with Crippen molar-refractivity contribution in [2.75, 3.05) is 30.9 Å². The number of nitrogens with zero attached hydrogens (tertiary/aromatic N) is 2. The number of pyridine rings is 1. The minimum absolute atomic E-state index is 0.193. The van der Waals surface area contributed by atoms with E-state index < -0.39 is 0 Å². The van der Waals surface area contributed by atoms with Crippen molar-refractivity contribution in [1.82, 2.24) is 4.98 Å². The number of aromatic nitrogens is 1. The van der Waals surface area contributed by atoms with Crippen LogP contribution in [0.2, 0.25) is 0 Å². The van der Waals surface area contributed by atoms with E-state index in [2.05, 4.69) is 23.7 Å². The topological polar surface area (TPSA) is 60.6 Å². The first-order valence-electron chi connectivity index (χ1n) is 5.80. The molecule has 1 aromatic rings. The number of hydrogen-bond acceptors (Lipinski definition) is 5. The predicted molar refractivity (Wildman–Crippen MR) is 67.4 cm³/mol. The van der Waals surface area contributed by atoms with Crippen LogP contribution in [-0.2, 0) is 4.74 Å². The highest BCUT2D eigenvalue weighted by Crippen LogP contribution is 2.27. The third-order valence-electron chi connectivity index (χ3n) is 2.97. The van der Waals surface area contributed by atoms with Crippen molar-refractivity contribution in [3.8, 4) is 5.88 Å². The van der Waals surface area contributed by atoms with Crippen LogP contribution in [0.3, 0.4) is 0 Å². The molecule has 2 rings (SSSR count). The molecule has 2 N–H and O–H groups in total. The third kappa shape index (κ3) is 2.44. The van der Waals surface area contributed by atoms with Crippen LogP contribution in [-0.4, -0.2) is 37.4 Å². The summed E-state index contributed by atoms with van der Waals surface area (Å²) in [6.45, 7) is 5.65. The average molecular weight is 237 g/mol. The van der Waals surface area contributed by atoms with Gasteiger partial charge in [0, 0.05) is 12.6 Å². The van der Waals surface area contributed by atoms with Gasteiger partial charge in [-0.15, -0.1) is 0 Å². The Bertz CT molecular complexity index is 397. The number of ether oxygens (including phenoxy) is 2. The lowest BCUT2D eigenvalue weighted by Crippen LogP contribution is -2.48. The molecule has 0 aromatic carbocycles. The zero-order chi connectivity index (χ0) is 12.4. The summed E-state index contributed by atoms with van der Waals surface area (Å²) in [5, 5.41) is 0. The second-order valence-corrected chi connectivity index (χ2v) is 4.41. The van der Waals surface area contributed by atoms with E-state index in [1.165, 1.54) is 0 Å². The normalized spacial score (nSPS) is 24.8. The molecule has 0 bridgehead atoms. The number of morpholine rings is 1. The van der Waals surface area contributed by atoms with E-state index in [1.54, 1.807) is 13.2 Å². The Balaban J connectivity index is 2.30. The summed E-state index contributed by atoms with van der Waals surface area (Å²) in [5.74, 6) is 1.37. The molecule has 5 nitrogen and oxygen atoms in total. The highest BCUT2D eigenvalue weighted by Gasteiger charge is 2.26. The minimum Gasteiger partial charge on any atom is -0.481 e. The summed E-state index contributed by atoms with van der Waals surface area (Å²) < 4.78 is 10.7. The van der Waals surface area contributed by atoms with Gasteiger partial charge in [0.15, 0.2) is 5.82 Å². The number of anilines is 2. The van der Waals surface area contributed by atoms with E-state index in [0.717, 1.165) is 12.4 Å². The first-order valence-corrected chi connectivity index (χ1v) is 5.80. The maximum Gasteiger partial charge on any atom is 0.215 e. The Morgan fingerprint density at radius 1 is 1.47 bits per heavy atom. The van der Waals surface area contributed by atoms with Gasteiger partial charge in [0.25, 0.3) is 0 Å². The molecule has 17 heavy (non-hydrogen) atoms. The molecule has 0 aliphatic carbocycles. The fourth-order valence-electron chi connectivity index (χ4n) is 1.98. The molecule has 0 saturated carbocycles. The van der Waals surface area contributed by atoms with Crippen LogP contribution < -0.4 is 15.4 Å². The molecule has 94 valence electrons. The van der Waals surface area contributed by atoms with Crippen LogP contribution >= 0.6 is 0 Å². The zero-order valence-corrected chi connectivity index (χ0v) is 10.5. The number of nitrogen functional groups attached to an aromatic ring is 1. The monoisotopic (exact) mass is 237 g/mol. The van der Waals surface area contributed by atoms with Crippen LogP contribution in [0.4, 0.5) is 11.5 Å². The largest absolute Gasteiger partial charge is 0.481 e. The SMILES string of the molecule is COc1ccc(N)c(N2CC(C)OCC2C)n1. The number of nitrogens with two attached hydrogens (primary N) is 1. The van der Waals surface area contributed by atoms with E-state index in [1.807, 2.05) is 6.07 Å². The lowest BCUT2D eigenvalue weighted by Gasteiger charge is -2.38. The third-order valence-corrected chi connectivity index (χ3v) is 2.97. The number of methoxy groups -OCH3 is 1. The van der Waals surface area contributed by atoms with Crippen molar-refractivity contribution >= 4 is 11.5 Å². The molecule has 5 heteroatoms. The molecule has 0 spiro atoms. The van der Waals surface area contributed by atoms with Gasteiger partial charge >= 0.3 is 0 Å². The molecule has 1 aliphatic rings. The number of hydrogen-bond donors (Lipinski definition) is 1. The molecule has 1 saturated heterocycles. The summed E-state index contributed by atoms with van der Waals surface area (Å²) in [6.07, 6.45) is 0.193. The van der Waals surface area contributed by atoms with Crippen LogP contribution in [0.25, 0.3) is 0 Å². The van der Waals surface area contributed by atoms with Gasteiger partial charge in [-0.1, -0.05) is 0 Å². The lowest BCUT2D eigenvalue weighted by molar-refractivity contribution is 0.0341. The predicted octanol–water partition coefficient (Wildman–Crippen LogP) is 1.29. The summed E-state index contributed by atoms with van der Waals surface area (Å²) in [7, 11) is 1.60. The van der Waals surface area contributed by atoms with Gasteiger partial charge in [0.1, 0.15) is 0 Å². The maximum absolute atomic E-state index is 5.98. The highest BCUT2D eigenvalue weighted by atomic mass is 16.5. The molecule has 2 atom stereocenters. The van der Waals surface area contributed by atoms with Crippen molar-refractivity contribution in [2.45, 2.75) is 26.0 Å². The average Bonchev–Trinajstić information content (AvgIpc) is 2.33. The molecular weight excluding hydrogens is 218 g/mol. The Kier molecular flexibility index (Phi) is 3.38. The van der Waals surface area contributed by atoms with E-state index >= 15 is 0 Å². The van der Waals surface area contributed by atoms with Crippen molar-refractivity contribution in [3.05, 3.63) is 12.1 Å². The van der Waals surface area contributed by atoms with Crippen molar-refractivity contribution in [1.29, 1.82) is 0 Å². The molecule has 1 aliphatic heterocycles. The Hall–Kier alpha value is -1.49. The van der Waals surface area contributed by atoms with Crippen LogP contribution in [0.5, 0.6) is 5.88 Å². The summed E-state index contributed by atoms with van der Waals surface area (Å²) in [5.41, 5.74) is 6.66. The van der Waals surface area contributed by atoms with Crippen LogP contribution in [0.15, 0.2) is 12.1 Å². The smallest absolute Gasteiger partial charge is 0.215 e. The van der Waals surface area contributed by atoms with Crippen molar-refractivity contribution in [3.63, 3.8) is 0 Å². The minimum atomic E-state index is 0.193. The van der Waals surface area contributed by atoms with E-state index in [0.29, 0.717) is 18.2 Å². The van der Waals surface area contributed by atoms with Gasteiger partial charge in [-0.2, -0.15) is 4.98 Å². The molecule has 0 radical (unpaired) electrons. The summed E-state index contributed by atoms with van der Waals surface area (Å²) >= 11 is 0. The standard InChI is InChI=1S/C12H19N3O2/c1-8-7-17-9(2)6-15(8)12-10(13)4-5-11(14-12)16-3/h4-5,8-9H,6-7,13H2,1-3H3. The zero-order valence-electron chi connectivity index (χ0n) is 10.5. The molecule has 1 aromatic heterocycles. The first kappa shape index (κ1) is 12.0. The summed E-state index contributed by atoms with van der Waals surface area (Å²) in [4.78, 5) is 6.60. The first-order chi connectivity index (χ1) is 8.11. The van der Waals surface area contributed by atoms with Gasteiger partial charge in [0.2, 0.25) is 5.88 Å². The van der Waals surface area contributed by atoms with Gasteiger partial charge < -0.3 is 20.1 Å². The Labute approximate surface area is 102 Å². The van der Waals surface area contributed by atoms with Crippen LogP contribution in [0.1, 0.15) is 13.8 Å². The summed E-state index contributed by atoms with van der Waals surface area (Å²) in [6, 6.07) is 3.87. The van der Waals surface area contributed by atoms with Crippen LogP contribution in [0, 0.1) is 0 Å². The fourth-order valence-corrected chi connectivity index (χ4v) is 1.98. The quantitative estimate of drug-likeness (QED) is 0.839. The van der Waals surface area contributed by atoms with E-state index in [4.69, 9.17) is 15.2 Å². The number of rotatable bonds is 2. The Morgan fingerprint density at radius 2 is 2.24 bits per heavy atom. The fraction of sp³-hybridized carbons (Fsp3) is 0.583. The maximum atomic E-state index is 5.98. The molecular formula is C12H19N3O2. The van der Waals surface area contributed by atoms with Gasteiger partial charge in [-0.25, -0.2) is 0 Å². The van der Waals surface area contributed by atoms with Crippen molar-refractivity contribution in [2.24, 2.45) is 0 Å². The molecule has 1 fully saturated rings. The molecule has 2 heterocycles. The van der Waals surface area contributed by atoms with E-state index in [-0.39, 0.29) is 12.1 Å². The Morgan fingerprint density at radius 3 is 2.94 bits per heavy atom. The lowest BCUT2D eigenvalue weighted by atomic mass is 10.2. The second kappa shape index (κ2) is 4.79. The van der Waals surface area contributed by atoms with Crippen molar-refractivity contribution < 1.29 is 9.47 Å². The second-order valence-electron chi connectivity index (χ2n) is 4.41. The van der Waals surface area contributed by atoms with E-state index in [9.17, 15) is 0 Å². The molecule has 2 unspecified atom stereocenters. The van der Waals surface area contributed by atoms with Gasteiger partial charge in [-0.05, 0) is 19.9 Å². The molecule has 0 amide bonds. The highest BCUT2D eigenvalue weighted by molar-refractivity contribution is 5.64.